The Labute approximate surface area is 126 Å². The number of tetrazole rings is 1. The second-order valence-corrected chi connectivity index (χ2v) is 4.83. The number of hydrogen-bond donors (Lipinski definition) is 1. The summed E-state index contributed by atoms with van der Waals surface area (Å²) in [7, 11) is 1.83. The Morgan fingerprint density at radius 2 is 2.26 bits per heavy atom. The molecule has 1 heterocycles. The van der Waals surface area contributed by atoms with Gasteiger partial charge in [-0.2, -0.15) is 4.80 Å². The first-order valence-corrected chi connectivity index (χ1v) is 6.48. The van der Waals surface area contributed by atoms with E-state index >= 15 is 0 Å². The highest BCUT2D eigenvalue weighted by atomic mass is 35.5. The number of hydrogen-bond acceptors (Lipinski definition) is 4. The van der Waals surface area contributed by atoms with E-state index in [9.17, 15) is 0 Å². The predicted octanol–water partition coefficient (Wildman–Crippen LogP) is 2.49. The molecule has 0 amide bonds. The third-order valence-corrected chi connectivity index (χ3v) is 3.44. The highest BCUT2D eigenvalue weighted by Crippen LogP contribution is 2.28. The van der Waals surface area contributed by atoms with Crippen LogP contribution in [0.3, 0.4) is 0 Å². The van der Waals surface area contributed by atoms with Crippen molar-refractivity contribution in [2.45, 2.75) is 19.3 Å². The lowest BCUT2D eigenvalue weighted by Gasteiger charge is -2.16. The Morgan fingerprint density at radius 1 is 1.42 bits per heavy atom. The van der Waals surface area contributed by atoms with Gasteiger partial charge in [0.2, 0.25) is 0 Å². The molecule has 1 aromatic carbocycles. The van der Waals surface area contributed by atoms with E-state index in [1.165, 1.54) is 4.80 Å². The van der Waals surface area contributed by atoms with Gasteiger partial charge in [0.15, 0.2) is 5.82 Å². The van der Waals surface area contributed by atoms with Gasteiger partial charge in [0.05, 0.1) is 16.1 Å². The van der Waals surface area contributed by atoms with Gasteiger partial charge in [0.25, 0.3) is 0 Å². The van der Waals surface area contributed by atoms with Gasteiger partial charge in [0.1, 0.15) is 0 Å². The number of aromatic nitrogens is 4. The molecule has 1 unspecified atom stereocenters. The van der Waals surface area contributed by atoms with E-state index in [1.54, 1.807) is 12.1 Å². The maximum absolute atomic E-state index is 7.34. The number of rotatable bonds is 5. The van der Waals surface area contributed by atoms with Crippen LogP contribution in [0.25, 0.3) is 0 Å². The minimum absolute atomic E-state index is 0.276. The Kier molecular flexibility index (Phi) is 3.53. The molecule has 7 heteroatoms. The van der Waals surface area contributed by atoms with Crippen molar-refractivity contribution in [1.82, 2.24) is 25.5 Å². The third-order valence-electron chi connectivity index (χ3n) is 2.70. The zero-order valence-corrected chi connectivity index (χ0v) is 11.8. The van der Waals surface area contributed by atoms with Crippen LogP contribution in [-0.4, -0.2) is 33.8 Å². The van der Waals surface area contributed by atoms with Gasteiger partial charge < -0.3 is 5.32 Å². The summed E-state index contributed by atoms with van der Waals surface area (Å²) in [4.78, 5) is 1.30. The normalized spacial score (nSPS) is 15.6. The molecule has 0 fully saturated rings. The summed E-state index contributed by atoms with van der Waals surface area (Å²) >= 11 is 12.0. The zero-order chi connectivity index (χ0) is 16.3. The van der Waals surface area contributed by atoms with Crippen LogP contribution in [0.2, 0.25) is 10.0 Å². The third kappa shape index (κ3) is 3.43. The first-order chi connectivity index (χ1) is 10.3. The average molecular weight is 303 g/mol. The van der Waals surface area contributed by atoms with E-state index in [0.29, 0.717) is 23.0 Å². The molecule has 0 radical (unpaired) electrons. The maximum atomic E-state index is 7.34. The molecule has 0 saturated carbocycles. The lowest BCUT2D eigenvalue weighted by Crippen LogP contribution is -2.20. The molecule has 5 nitrogen and oxygen atoms in total. The van der Waals surface area contributed by atoms with Gasteiger partial charge in [-0.05, 0) is 49.8 Å². The van der Waals surface area contributed by atoms with Gasteiger partial charge in [-0.1, -0.05) is 29.3 Å². The first-order valence-electron chi connectivity index (χ1n) is 7.22. The second-order valence-electron chi connectivity index (χ2n) is 4.02. The highest BCUT2D eigenvalue weighted by molar-refractivity contribution is 6.42. The summed E-state index contributed by atoms with van der Waals surface area (Å²) in [6.07, 6.45) is 0.644. The SMILES string of the molecule is [2H]C([2H])([2H])c1nnn(C(CCNC)c2ccc(Cl)c(Cl)c2)n1. The molecule has 2 rings (SSSR count). The summed E-state index contributed by atoms with van der Waals surface area (Å²) in [5, 5.41) is 15.4. The van der Waals surface area contributed by atoms with E-state index < -0.39 is 6.85 Å². The molecule has 19 heavy (non-hydrogen) atoms. The minimum Gasteiger partial charge on any atom is -0.320 e. The minimum atomic E-state index is -2.39. The van der Waals surface area contributed by atoms with Crippen LogP contribution in [0.4, 0.5) is 0 Å². The number of nitrogens with one attached hydrogen (secondary N) is 1. The Hall–Kier alpha value is -1.17. The van der Waals surface area contributed by atoms with Crippen molar-refractivity contribution in [3.63, 3.8) is 0 Å². The number of halogens is 2. The van der Waals surface area contributed by atoms with E-state index in [1.807, 2.05) is 13.1 Å². The van der Waals surface area contributed by atoms with E-state index in [2.05, 4.69) is 20.7 Å². The van der Waals surface area contributed by atoms with Crippen LogP contribution in [0, 0.1) is 6.85 Å². The lowest BCUT2D eigenvalue weighted by molar-refractivity contribution is 0.421. The van der Waals surface area contributed by atoms with Crippen LogP contribution < -0.4 is 5.32 Å². The number of aryl methyl sites for hydroxylation is 1. The van der Waals surface area contributed by atoms with Gasteiger partial charge in [-0.25, -0.2) is 0 Å². The molecule has 1 N–H and O–H groups in total. The van der Waals surface area contributed by atoms with Crippen molar-refractivity contribution in [1.29, 1.82) is 0 Å². The largest absolute Gasteiger partial charge is 0.320 e. The highest BCUT2D eigenvalue weighted by Gasteiger charge is 2.17. The Balaban J connectivity index is 2.37. The molecular weight excluding hydrogens is 285 g/mol. The number of nitrogens with zero attached hydrogens (tertiary/aromatic N) is 4. The summed E-state index contributed by atoms with van der Waals surface area (Å²) in [6, 6.07) is 4.94. The summed E-state index contributed by atoms with van der Waals surface area (Å²) in [5.74, 6) is -0.276. The molecular formula is C12H15Cl2N5. The quantitative estimate of drug-likeness (QED) is 0.922. The topological polar surface area (TPSA) is 55.6 Å². The second kappa shape index (κ2) is 6.32. The van der Waals surface area contributed by atoms with Crippen molar-refractivity contribution in [2.75, 3.05) is 13.6 Å². The average Bonchev–Trinajstić information content (AvgIpc) is 2.93. The molecule has 0 saturated heterocycles. The van der Waals surface area contributed by atoms with Gasteiger partial charge in [-0.3, -0.25) is 0 Å². The Bertz CT molecular complexity index is 644. The molecule has 0 spiro atoms. The fraction of sp³-hybridized carbons (Fsp3) is 0.417. The Morgan fingerprint density at radius 3 is 2.89 bits per heavy atom. The van der Waals surface area contributed by atoms with Crippen LogP contribution >= 0.6 is 23.2 Å². The van der Waals surface area contributed by atoms with Crippen LogP contribution in [0.15, 0.2) is 18.2 Å². The first kappa shape index (κ1) is 10.6. The molecule has 1 aromatic heterocycles. The van der Waals surface area contributed by atoms with Crippen molar-refractivity contribution < 1.29 is 4.11 Å². The molecule has 0 aliphatic rings. The lowest BCUT2D eigenvalue weighted by atomic mass is 10.0. The molecule has 0 bridgehead atoms. The van der Waals surface area contributed by atoms with Crippen molar-refractivity contribution in [3.05, 3.63) is 39.6 Å². The fourth-order valence-corrected chi connectivity index (χ4v) is 2.08. The molecule has 1 atom stereocenters. The van der Waals surface area contributed by atoms with Gasteiger partial charge in [-0.15, -0.1) is 10.2 Å². The molecule has 102 valence electrons. The maximum Gasteiger partial charge on any atom is 0.171 e. The van der Waals surface area contributed by atoms with E-state index in [0.717, 1.165) is 5.56 Å². The zero-order valence-electron chi connectivity index (χ0n) is 13.3. The van der Waals surface area contributed by atoms with Gasteiger partial charge >= 0.3 is 0 Å². The molecule has 0 aliphatic carbocycles. The summed E-state index contributed by atoms with van der Waals surface area (Å²) in [6.45, 7) is -1.70. The van der Waals surface area contributed by atoms with Gasteiger partial charge in [0, 0.05) is 4.11 Å². The van der Waals surface area contributed by atoms with Crippen LogP contribution in [0.1, 0.15) is 28.0 Å². The number of benzene rings is 1. The monoisotopic (exact) mass is 302 g/mol. The molecule has 0 aliphatic heterocycles. The summed E-state index contributed by atoms with van der Waals surface area (Å²) < 4.78 is 22.0. The fourth-order valence-electron chi connectivity index (χ4n) is 1.77. The predicted molar refractivity (Wildman–Crippen MR) is 75.7 cm³/mol. The van der Waals surface area contributed by atoms with E-state index in [-0.39, 0.29) is 11.9 Å². The van der Waals surface area contributed by atoms with Crippen LogP contribution in [-0.2, 0) is 0 Å². The van der Waals surface area contributed by atoms with Crippen molar-refractivity contribution >= 4 is 23.2 Å². The van der Waals surface area contributed by atoms with Crippen LogP contribution in [0.5, 0.6) is 0 Å². The smallest absolute Gasteiger partial charge is 0.171 e. The van der Waals surface area contributed by atoms with E-state index in [4.69, 9.17) is 27.3 Å². The standard InChI is InChI=1S/C12H15Cl2N5/c1-8-16-18-19(17-8)12(5-6-15-2)9-3-4-10(13)11(14)7-9/h3-4,7,12,15H,5-6H2,1-2H3/i1D3. The molecule has 2 aromatic rings. The van der Waals surface area contributed by atoms with Crippen molar-refractivity contribution in [2.24, 2.45) is 0 Å². The van der Waals surface area contributed by atoms with Crippen molar-refractivity contribution in [3.8, 4) is 0 Å². The summed E-state index contributed by atoms with van der Waals surface area (Å²) in [5.41, 5.74) is 0.833.